The van der Waals surface area contributed by atoms with Gasteiger partial charge >= 0.3 is 11.7 Å². The number of anilines is 4. The fourth-order valence-corrected chi connectivity index (χ4v) is 2.71. The molecule has 1 heterocycles. The molecule has 31 heavy (non-hydrogen) atoms. The summed E-state index contributed by atoms with van der Waals surface area (Å²) in [6.45, 7) is 4.42. The van der Waals surface area contributed by atoms with E-state index in [9.17, 15) is 14.9 Å². The molecule has 1 aromatic heterocycles. The molecule has 0 amide bonds. The number of aromatic nitrogens is 2. The molecule has 0 saturated heterocycles. The summed E-state index contributed by atoms with van der Waals surface area (Å²) in [5, 5.41) is 17.6. The van der Waals surface area contributed by atoms with E-state index >= 15 is 0 Å². The first kappa shape index (κ1) is 21.5. The molecule has 0 bridgehead atoms. The molecule has 0 atom stereocenters. The Morgan fingerprint density at radius 1 is 0.935 bits per heavy atom. The third-order valence-electron chi connectivity index (χ3n) is 4.09. The molecule has 0 saturated carbocycles. The van der Waals surface area contributed by atoms with Crippen molar-refractivity contribution in [2.24, 2.45) is 0 Å². The number of nitrogens with zero attached hydrogens (tertiary/aromatic N) is 3. The molecule has 0 aliphatic carbocycles. The second kappa shape index (κ2) is 10.0. The lowest BCUT2D eigenvalue weighted by atomic mass is 10.2. The monoisotopic (exact) mass is 423 g/mol. The fourth-order valence-electron chi connectivity index (χ4n) is 2.71. The van der Waals surface area contributed by atoms with E-state index in [0.29, 0.717) is 29.3 Å². The van der Waals surface area contributed by atoms with Gasteiger partial charge in [0.1, 0.15) is 12.1 Å². The molecule has 2 N–H and O–H groups in total. The predicted octanol–water partition coefficient (Wildman–Crippen LogP) is 4.45. The smallest absolute Gasteiger partial charge is 0.353 e. The minimum absolute atomic E-state index is 0.0114. The van der Waals surface area contributed by atoms with Gasteiger partial charge in [0.15, 0.2) is 0 Å². The van der Waals surface area contributed by atoms with E-state index in [1.165, 1.54) is 6.33 Å². The second-order valence-corrected chi connectivity index (χ2v) is 6.18. The molecule has 0 aliphatic heterocycles. The van der Waals surface area contributed by atoms with Gasteiger partial charge in [-0.25, -0.2) is 14.8 Å². The Morgan fingerprint density at radius 2 is 1.48 bits per heavy atom. The van der Waals surface area contributed by atoms with E-state index in [1.54, 1.807) is 55.5 Å². The Hall–Kier alpha value is -4.21. The number of nitrogens with one attached hydrogen (secondary N) is 2. The number of carbonyl (C=O) groups excluding carboxylic acids is 1. The van der Waals surface area contributed by atoms with Gasteiger partial charge in [-0.1, -0.05) is 0 Å². The van der Waals surface area contributed by atoms with Crippen molar-refractivity contribution in [3.05, 3.63) is 70.5 Å². The van der Waals surface area contributed by atoms with E-state index in [0.717, 1.165) is 0 Å². The Bertz CT molecular complexity index is 1050. The number of carbonyl (C=O) groups is 1. The highest BCUT2D eigenvalue weighted by atomic mass is 16.6. The zero-order valence-corrected chi connectivity index (χ0v) is 17.0. The van der Waals surface area contributed by atoms with Crippen molar-refractivity contribution < 1.29 is 19.2 Å². The Morgan fingerprint density at radius 3 is 1.97 bits per heavy atom. The molecule has 3 rings (SSSR count). The maximum Gasteiger partial charge on any atom is 0.353 e. The van der Waals surface area contributed by atoms with Crippen molar-refractivity contribution in [2.45, 2.75) is 13.8 Å². The Labute approximate surface area is 178 Å². The van der Waals surface area contributed by atoms with Crippen molar-refractivity contribution in [1.82, 2.24) is 9.97 Å². The van der Waals surface area contributed by atoms with Crippen molar-refractivity contribution in [3.63, 3.8) is 0 Å². The average Bonchev–Trinajstić information content (AvgIpc) is 2.76. The summed E-state index contributed by atoms with van der Waals surface area (Å²) in [5.74, 6) is 0.301. The van der Waals surface area contributed by atoms with Crippen LogP contribution in [0.1, 0.15) is 24.2 Å². The van der Waals surface area contributed by atoms with Crippen LogP contribution in [0.15, 0.2) is 54.9 Å². The lowest BCUT2D eigenvalue weighted by molar-refractivity contribution is -0.383. The van der Waals surface area contributed by atoms with E-state index in [-0.39, 0.29) is 23.9 Å². The van der Waals surface area contributed by atoms with Gasteiger partial charge in [-0.3, -0.25) is 10.1 Å². The molecule has 2 aromatic carbocycles. The first-order chi connectivity index (χ1) is 15.0. The average molecular weight is 423 g/mol. The number of hydrogen-bond acceptors (Lipinski definition) is 9. The summed E-state index contributed by atoms with van der Waals surface area (Å²) in [4.78, 5) is 31.0. The third kappa shape index (κ3) is 5.44. The topological polar surface area (TPSA) is 129 Å². The van der Waals surface area contributed by atoms with Crippen molar-refractivity contribution >= 4 is 34.7 Å². The molecular formula is C21H21N5O5. The van der Waals surface area contributed by atoms with Crippen LogP contribution in [0.3, 0.4) is 0 Å². The zero-order valence-electron chi connectivity index (χ0n) is 17.0. The number of rotatable bonds is 9. The molecule has 10 heteroatoms. The number of hydrogen-bond donors (Lipinski definition) is 2. The van der Waals surface area contributed by atoms with Gasteiger partial charge in [0.05, 0.1) is 23.7 Å². The summed E-state index contributed by atoms with van der Waals surface area (Å²) in [5.41, 5.74) is 1.19. The van der Waals surface area contributed by atoms with Gasteiger partial charge < -0.3 is 20.1 Å². The highest BCUT2D eigenvalue weighted by molar-refractivity contribution is 5.90. The van der Waals surface area contributed by atoms with Crippen molar-refractivity contribution in [2.75, 3.05) is 23.8 Å². The molecule has 0 aliphatic rings. The van der Waals surface area contributed by atoms with Crippen LogP contribution in [0.4, 0.5) is 28.7 Å². The molecule has 0 fully saturated rings. The summed E-state index contributed by atoms with van der Waals surface area (Å²) in [6, 6.07) is 13.3. The molecule has 0 unspecified atom stereocenters. The van der Waals surface area contributed by atoms with E-state index < -0.39 is 10.9 Å². The van der Waals surface area contributed by atoms with Crippen LogP contribution in [0.25, 0.3) is 0 Å². The van der Waals surface area contributed by atoms with Crippen LogP contribution in [0, 0.1) is 10.1 Å². The summed E-state index contributed by atoms with van der Waals surface area (Å²) < 4.78 is 10.3. The number of benzene rings is 2. The lowest BCUT2D eigenvalue weighted by Crippen LogP contribution is -2.06. The highest BCUT2D eigenvalue weighted by Gasteiger charge is 2.23. The van der Waals surface area contributed by atoms with Gasteiger partial charge in [-0.05, 0) is 62.4 Å². The van der Waals surface area contributed by atoms with Crippen LogP contribution in [-0.2, 0) is 4.74 Å². The van der Waals surface area contributed by atoms with Crippen LogP contribution in [-0.4, -0.2) is 34.1 Å². The number of ether oxygens (including phenoxy) is 2. The van der Waals surface area contributed by atoms with Gasteiger partial charge in [-0.2, -0.15) is 0 Å². The van der Waals surface area contributed by atoms with Crippen LogP contribution in [0.2, 0.25) is 0 Å². The molecule has 0 radical (unpaired) electrons. The van der Waals surface area contributed by atoms with Crippen LogP contribution in [0.5, 0.6) is 5.75 Å². The Kier molecular flexibility index (Phi) is 6.94. The summed E-state index contributed by atoms with van der Waals surface area (Å²) >= 11 is 0. The maximum atomic E-state index is 11.8. The van der Waals surface area contributed by atoms with Crippen molar-refractivity contribution in [3.8, 4) is 5.75 Å². The molecule has 160 valence electrons. The first-order valence-corrected chi connectivity index (χ1v) is 9.55. The molecule has 0 spiro atoms. The van der Waals surface area contributed by atoms with E-state index in [2.05, 4.69) is 20.6 Å². The van der Waals surface area contributed by atoms with Gasteiger partial charge in [0.25, 0.3) is 0 Å². The molecular weight excluding hydrogens is 402 g/mol. The first-order valence-electron chi connectivity index (χ1n) is 9.55. The van der Waals surface area contributed by atoms with Gasteiger partial charge in [-0.15, -0.1) is 0 Å². The molecule has 10 nitrogen and oxygen atoms in total. The zero-order chi connectivity index (χ0) is 22.2. The van der Waals surface area contributed by atoms with E-state index in [4.69, 9.17) is 9.47 Å². The highest BCUT2D eigenvalue weighted by Crippen LogP contribution is 2.33. The number of nitro groups is 1. The minimum atomic E-state index is -0.563. The van der Waals surface area contributed by atoms with E-state index in [1.807, 2.05) is 6.92 Å². The van der Waals surface area contributed by atoms with Crippen LogP contribution >= 0.6 is 0 Å². The second-order valence-electron chi connectivity index (χ2n) is 6.18. The summed E-state index contributed by atoms with van der Waals surface area (Å²) in [6.07, 6.45) is 1.22. The molecule has 3 aromatic rings. The fraction of sp³-hybridized carbons (Fsp3) is 0.190. The minimum Gasteiger partial charge on any atom is -0.494 e. The lowest BCUT2D eigenvalue weighted by Gasteiger charge is -2.11. The Balaban J connectivity index is 1.83. The standard InChI is InChI=1S/C21H21N5O5/c1-3-30-17-11-9-16(10-12-17)25-20-18(26(28)29)19(22-13-23-20)24-15-7-5-14(6-8-15)21(27)31-4-2/h5-13H,3-4H2,1-2H3,(H2,22,23,24,25). The van der Waals surface area contributed by atoms with Gasteiger partial charge in [0.2, 0.25) is 11.6 Å². The van der Waals surface area contributed by atoms with Crippen LogP contribution < -0.4 is 15.4 Å². The van der Waals surface area contributed by atoms with Crippen molar-refractivity contribution in [1.29, 1.82) is 0 Å². The quantitative estimate of drug-likeness (QED) is 0.291. The number of esters is 1. The van der Waals surface area contributed by atoms with Gasteiger partial charge in [0, 0.05) is 11.4 Å². The predicted molar refractivity (Wildman–Crippen MR) is 115 cm³/mol. The third-order valence-corrected chi connectivity index (χ3v) is 4.09. The normalized spacial score (nSPS) is 10.3. The SMILES string of the molecule is CCOC(=O)c1ccc(Nc2ncnc(Nc3ccc(OCC)cc3)c2[N+](=O)[O-])cc1. The largest absolute Gasteiger partial charge is 0.494 e. The summed E-state index contributed by atoms with van der Waals surface area (Å²) in [7, 11) is 0. The maximum absolute atomic E-state index is 11.8.